The topological polar surface area (TPSA) is 188 Å². The van der Waals surface area contributed by atoms with Crippen LogP contribution in [0.2, 0.25) is 0 Å². The third-order valence-electron chi connectivity index (χ3n) is 45.5. The van der Waals surface area contributed by atoms with Crippen molar-refractivity contribution >= 4 is 18.4 Å². The van der Waals surface area contributed by atoms with Crippen LogP contribution in [0.5, 0.6) is 0 Å². The van der Waals surface area contributed by atoms with E-state index in [0.717, 1.165) is 140 Å². The van der Waals surface area contributed by atoms with Crippen molar-refractivity contribution in [1.82, 2.24) is 0 Å². The van der Waals surface area contributed by atoms with Crippen LogP contribution < -0.4 is 0 Å². The van der Waals surface area contributed by atoms with E-state index >= 15 is 0 Å². The number of Topliss-reactive ketones (excluding diaryl/α,β-unsaturated/α-hetero) is 1. The van der Waals surface area contributed by atoms with Gasteiger partial charge in [0.05, 0.1) is 61.0 Å². The first kappa shape index (κ1) is 97.6. The summed E-state index contributed by atoms with van der Waals surface area (Å²) in [6.45, 7) is 65.3. The number of aldehydes is 2. The van der Waals surface area contributed by atoms with Crippen molar-refractivity contribution in [3.05, 3.63) is 48.6 Å². The summed E-state index contributed by atoms with van der Waals surface area (Å²) in [7, 11) is 0. The molecule has 127 heavy (non-hydrogen) atoms. The average Bonchev–Trinajstić information content (AvgIpc) is 1.54. The molecule has 3 aliphatic heterocycles. The van der Waals surface area contributed by atoms with Gasteiger partial charge in [-0.05, 0) is 414 Å². The minimum absolute atomic E-state index is 0. The Hall–Kier alpha value is -2.43. The maximum absolute atomic E-state index is 12.7. The quantitative estimate of drug-likeness (QED) is 0.155. The van der Waals surface area contributed by atoms with Crippen LogP contribution in [0, 0.1) is 190 Å². The first-order chi connectivity index (χ1) is 59.1. The predicted octanol–water partition coefficient (Wildman–Crippen LogP) is 25.0. The van der Waals surface area contributed by atoms with E-state index in [4.69, 9.17) is 28.4 Å². The van der Waals surface area contributed by atoms with Crippen LogP contribution in [0.4, 0.5) is 0 Å². The third-order valence-corrected chi connectivity index (χ3v) is 45.5. The molecule has 0 radical (unpaired) electrons. The number of ether oxygens (including phenoxy) is 6. The summed E-state index contributed by atoms with van der Waals surface area (Å²) < 4.78 is 39.5. The molecule has 0 spiro atoms. The fourth-order valence-corrected chi connectivity index (χ4v) is 38.0. The van der Waals surface area contributed by atoms with E-state index in [0.29, 0.717) is 129 Å². The van der Waals surface area contributed by atoms with E-state index in [1.807, 2.05) is 27.7 Å². The second-order valence-corrected chi connectivity index (χ2v) is 52.3. The highest BCUT2D eigenvalue weighted by Crippen LogP contribution is 2.75. The number of fused-ring (bicyclic) bond motifs is 30. The van der Waals surface area contributed by atoms with Gasteiger partial charge in [0.2, 0.25) is 0 Å². The van der Waals surface area contributed by atoms with Gasteiger partial charge in [0.15, 0.2) is 17.4 Å². The highest BCUT2D eigenvalue weighted by atomic mass is 16.8. The van der Waals surface area contributed by atoms with Crippen molar-refractivity contribution in [1.29, 1.82) is 0 Å². The molecule has 3 saturated heterocycles. The summed E-state index contributed by atoms with van der Waals surface area (Å²) in [6, 6.07) is 0. The molecule has 718 valence electrons. The molecular weight excluding hydrogens is 1580 g/mol. The average molecular weight is 1760 g/mol. The van der Waals surface area contributed by atoms with Crippen molar-refractivity contribution in [3.63, 3.8) is 0 Å². The van der Waals surface area contributed by atoms with Gasteiger partial charge in [-0.15, -0.1) is 0 Å². The largest absolute Gasteiger partial charge is 0.393 e. The zero-order valence-corrected chi connectivity index (χ0v) is 83.2. The number of hydrogen-bond donors (Lipinski definition) is 4. The molecule has 22 fully saturated rings. The van der Waals surface area contributed by atoms with Crippen LogP contribution in [0.15, 0.2) is 48.6 Å². The van der Waals surface area contributed by atoms with Gasteiger partial charge in [-0.25, -0.2) is 0 Å². The maximum atomic E-state index is 12.7. The molecule has 19 aliphatic carbocycles. The van der Waals surface area contributed by atoms with Crippen LogP contribution in [0.3, 0.4) is 0 Å². The van der Waals surface area contributed by atoms with Gasteiger partial charge >= 0.3 is 0 Å². The van der Waals surface area contributed by atoms with Gasteiger partial charge in [0, 0.05) is 23.7 Å². The number of aliphatic hydroxyl groups excluding tert-OH is 4. The molecule has 4 N–H and O–H groups in total. The highest BCUT2D eigenvalue weighted by molar-refractivity contribution is 5.87. The Bertz CT molecular complexity index is 3830. The Morgan fingerprint density at radius 3 is 0.976 bits per heavy atom. The minimum atomic E-state index is -0.565. The number of rotatable bonds is 3. The van der Waals surface area contributed by atoms with Crippen LogP contribution in [0.25, 0.3) is 0 Å². The number of hydrogen-bond acceptors (Lipinski definition) is 13. The first-order valence-corrected chi connectivity index (χ1v) is 53.1. The van der Waals surface area contributed by atoms with Crippen molar-refractivity contribution in [2.24, 2.45) is 190 Å². The molecule has 0 unspecified atom stereocenters. The lowest BCUT2D eigenvalue weighted by molar-refractivity contribution is -0.213. The van der Waals surface area contributed by atoms with E-state index in [-0.39, 0.29) is 106 Å². The summed E-state index contributed by atoms with van der Waals surface area (Å²) in [5, 5.41) is 42.9. The van der Waals surface area contributed by atoms with Crippen LogP contribution in [-0.2, 0) is 42.8 Å². The van der Waals surface area contributed by atoms with E-state index in [1.165, 1.54) is 138 Å². The number of carbonyl (C=O) groups excluding carboxylic acids is 3. The molecule has 19 saturated carbocycles. The lowest BCUT2D eigenvalue weighted by Gasteiger charge is -2.63. The van der Waals surface area contributed by atoms with E-state index in [9.17, 15) is 34.8 Å². The number of allylic oxidation sites excluding steroid dienone is 4. The molecule has 0 aromatic heterocycles. The second-order valence-electron chi connectivity index (χ2n) is 52.3. The summed E-state index contributed by atoms with van der Waals surface area (Å²) in [5.41, 5.74) is 7.70. The smallest absolute Gasteiger partial charge is 0.163 e. The number of ketones is 1. The number of aliphatic hydroxyl groups is 4. The molecular formula is C114H184O13. The van der Waals surface area contributed by atoms with Crippen molar-refractivity contribution in [2.45, 2.75) is 456 Å². The lowest BCUT2D eigenvalue weighted by atomic mass is 9.43. The Balaban J connectivity index is 0.000000116. The summed E-state index contributed by atoms with van der Waals surface area (Å²) >= 11 is 0. The van der Waals surface area contributed by atoms with E-state index < -0.39 is 29.6 Å². The van der Waals surface area contributed by atoms with Gasteiger partial charge in [-0.2, -0.15) is 0 Å². The normalized spacial score (nSPS) is 55.4. The Morgan fingerprint density at radius 1 is 0.291 bits per heavy atom. The van der Waals surface area contributed by atoms with Gasteiger partial charge in [-0.3, -0.25) is 4.79 Å². The predicted molar refractivity (Wildman–Crippen MR) is 507 cm³/mol. The molecule has 43 atom stereocenters. The lowest BCUT2D eigenvalue weighted by Crippen LogP contribution is -2.63. The SMILES string of the molecule is C.C=C1CC[C@H]2[C@@H]3[C@@H](O)[C@H](O)[C@H]4C[C@@H](C)CC[C@]4(C)[C@H]3CC[C@]12C.C=C1CC[C@H]2[C@@H]3[C@H]4OC(C)(C)O[C@@H]4[C@H]4C[C@@H](C)CC[C@]4(C)[C@H]3CC[C@]12C.C=C1CC[C@H]2[C@@H]3[C@H]4OC(C)(C)O[C@@H]4[C@H]4C[C@@H](O)CC[C@]4(C)[C@H]3CC[C@]12C.C=C1CC[C@H]2[C@H](C=O)[C@@H]([C@@]3(C)CC[C@H](C)C[C@@H]3C=O)CC[C@]12C.CC.CC1(C)O[C@H]2[C@H](O1)[C@H]1C[C@@H](O)CC[C@]1(C)[C@H]1CC[C@]3(C)C(=O)CC[C@H]3[C@H]21. The first-order valence-electron chi connectivity index (χ1n) is 53.1. The fraction of sp³-hybridized carbons (Fsp3) is 0.904. The monoisotopic (exact) mass is 1760 g/mol. The van der Waals surface area contributed by atoms with E-state index in [2.05, 4.69) is 144 Å². The second kappa shape index (κ2) is 34.3. The molecule has 3 heterocycles. The summed E-state index contributed by atoms with van der Waals surface area (Å²) in [6.07, 6.45) is 42.2. The minimum Gasteiger partial charge on any atom is -0.393 e. The van der Waals surface area contributed by atoms with Crippen molar-refractivity contribution < 1.29 is 63.2 Å². The van der Waals surface area contributed by atoms with Gasteiger partial charge in [0.1, 0.15) is 18.4 Å². The third kappa shape index (κ3) is 15.4. The van der Waals surface area contributed by atoms with Crippen molar-refractivity contribution in [2.75, 3.05) is 0 Å². The van der Waals surface area contributed by atoms with Gasteiger partial charge in [0.25, 0.3) is 0 Å². The molecule has 0 bridgehead atoms. The van der Waals surface area contributed by atoms with Crippen LogP contribution in [0.1, 0.15) is 378 Å². The standard InChI is InChI=1S/C24H38O2.C23H36O3.C22H34O4.C21H34O2.C21H32O2.C2H6.CH4/c1-14-9-11-24(6)17-10-12-23(5)15(2)7-8-16(23)19(17)21-20(18(24)13-14)25-22(3,4)26-21;1-13-6-7-15-18-16(9-11-22(13,15)4)23(5)10-8-14(24)12-17(23)19-20(18)26-21(2,3)25-19;1-20(2)25-18-15-11-12(23)7-9-21(15,3)14-8-10-22(4)13(5-6-16(22)24)17(14)19(18)26-20;1-12-7-9-21(4)15-8-10-20(3)13(2)5-6-14(20)17(15)19(23)18(22)16(21)11-12;1-14-7-9-21(4,16(11-14)12-22)19-8-10-20(3)15(2)5-6-18(20)17(19)13-23;1-2;/h14,16-21H,2,7-13H2,1,3-6H3;14-20,24H,1,6-12H2,2-5H3;12-15,17-19,23H,5-11H2,1-4H3;12,14-19,22-23H,2,5-11H2,1,3-4H3;12-14,16-19H,2,5-11H2,1,3-4H3;1-2H3;1H4/t14-,16-,17-,18+,19-,20+,21+,23+,24+;14-,15-,16-,17+,18-,19+,20+,22+,23+;12-,13-,14-,15+,17-,18+,19+,21+,22-;12-,14-,15-,16+,17-,18+,19+,20+,21+;14-,16+,17-,18-,19-,20+,21-;;/m00000../s1. The van der Waals surface area contributed by atoms with E-state index in [1.54, 1.807) is 0 Å². The zero-order chi connectivity index (χ0) is 90.8. The molecule has 13 nitrogen and oxygen atoms in total. The summed E-state index contributed by atoms with van der Waals surface area (Å²) in [5.74, 6) is 10.9. The van der Waals surface area contributed by atoms with Gasteiger partial charge in [-0.1, -0.05) is 179 Å². The fourth-order valence-electron chi connectivity index (χ4n) is 38.0. The highest BCUT2D eigenvalue weighted by Gasteiger charge is 2.74. The Morgan fingerprint density at radius 2 is 0.583 bits per heavy atom. The summed E-state index contributed by atoms with van der Waals surface area (Å²) in [4.78, 5) is 36.6. The van der Waals surface area contributed by atoms with Crippen molar-refractivity contribution in [3.8, 4) is 0 Å². The van der Waals surface area contributed by atoms with Crippen LogP contribution >= 0.6 is 0 Å². The van der Waals surface area contributed by atoms with Crippen LogP contribution in [-0.4, -0.2) is 117 Å². The maximum Gasteiger partial charge on any atom is 0.163 e. The molecule has 0 aromatic rings. The van der Waals surface area contributed by atoms with Gasteiger partial charge < -0.3 is 58.4 Å². The Kier molecular flexibility index (Phi) is 26.4. The molecule has 0 aromatic carbocycles. The Labute approximate surface area is 771 Å². The molecule has 22 rings (SSSR count). The number of carbonyl (C=O) groups is 3. The molecule has 22 aliphatic rings. The molecule has 0 amide bonds. The zero-order valence-electron chi connectivity index (χ0n) is 83.2. The molecule has 13 heteroatoms.